The number of hydrogen-bond acceptors (Lipinski definition) is 2. The second-order valence-electron chi connectivity index (χ2n) is 4.75. The number of rotatable bonds is 5. The highest BCUT2D eigenvalue weighted by atomic mass is 32.2. The van der Waals surface area contributed by atoms with Gasteiger partial charge in [-0.25, -0.2) is 0 Å². The molecule has 0 bridgehead atoms. The molecule has 0 spiro atoms. The fraction of sp³-hybridized carbons (Fsp3) is 0.571. The van der Waals surface area contributed by atoms with Crippen molar-refractivity contribution in [3.63, 3.8) is 0 Å². The lowest BCUT2D eigenvalue weighted by Gasteiger charge is -2.47. The first kappa shape index (κ1) is 12.0. The summed E-state index contributed by atoms with van der Waals surface area (Å²) in [7, 11) is 0. The summed E-state index contributed by atoms with van der Waals surface area (Å²) in [6.45, 7) is 3.07. The zero-order valence-electron chi connectivity index (χ0n) is 9.99. The van der Waals surface area contributed by atoms with Crippen LogP contribution in [0.15, 0.2) is 30.3 Å². The van der Waals surface area contributed by atoms with Crippen LogP contribution in [0.2, 0.25) is 0 Å². The molecule has 0 unspecified atom stereocenters. The Morgan fingerprint density at radius 2 is 2.00 bits per heavy atom. The monoisotopic (exact) mass is 235 g/mol. The van der Waals surface area contributed by atoms with Gasteiger partial charge in [0.2, 0.25) is 0 Å². The molecule has 1 nitrogen and oxygen atoms in total. The van der Waals surface area contributed by atoms with Gasteiger partial charge in [-0.15, -0.1) is 0 Å². The van der Waals surface area contributed by atoms with Crippen LogP contribution in [0, 0.1) is 0 Å². The Morgan fingerprint density at radius 3 is 2.56 bits per heavy atom. The molecule has 0 aromatic heterocycles. The maximum Gasteiger partial charge on any atom is 0.0293 e. The molecule has 0 atom stereocenters. The Balaban J connectivity index is 1.92. The molecule has 2 heteroatoms. The van der Waals surface area contributed by atoms with E-state index in [0.717, 1.165) is 12.5 Å². The minimum absolute atomic E-state index is 0.385. The fourth-order valence-corrected chi connectivity index (χ4v) is 3.85. The summed E-state index contributed by atoms with van der Waals surface area (Å²) < 4.78 is 0.385. The molecule has 88 valence electrons. The average Bonchev–Trinajstić information content (AvgIpc) is 2.29. The largest absolute Gasteiger partial charge is 0.329 e. The van der Waals surface area contributed by atoms with Crippen molar-refractivity contribution in [3.8, 4) is 0 Å². The first-order chi connectivity index (χ1) is 7.79. The van der Waals surface area contributed by atoms with Gasteiger partial charge in [0.1, 0.15) is 0 Å². The summed E-state index contributed by atoms with van der Waals surface area (Å²) in [6.07, 6.45) is 3.78. The van der Waals surface area contributed by atoms with Gasteiger partial charge in [-0.2, -0.15) is 11.8 Å². The Morgan fingerprint density at radius 1 is 1.31 bits per heavy atom. The van der Waals surface area contributed by atoms with E-state index in [2.05, 4.69) is 49.0 Å². The second-order valence-corrected chi connectivity index (χ2v) is 6.31. The van der Waals surface area contributed by atoms with Crippen molar-refractivity contribution in [1.82, 2.24) is 0 Å². The maximum atomic E-state index is 5.93. The number of thioether (sulfide) groups is 1. The van der Waals surface area contributed by atoms with Crippen LogP contribution in [-0.4, -0.2) is 17.0 Å². The highest BCUT2D eigenvalue weighted by Gasteiger charge is 2.43. The first-order valence-corrected chi connectivity index (χ1v) is 7.17. The molecular weight excluding hydrogens is 214 g/mol. The third kappa shape index (κ3) is 2.44. The molecule has 1 fully saturated rings. The molecule has 0 amide bonds. The number of hydrogen-bond donors (Lipinski definition) is 1. The van der Waals surface area contributed by atoms with Gasteiger partial charge in [0.25, 0.3) is 0 Å². The summed E-state index contributed by atoms with van der Waals surface area (Å²) in [5.74, 6) is 1.99. The first-order valence-electron chi connectivity index (χ1n) is 6.18. The van der Waals surface area contributed by atoms with E-state index in [4.69, 9.17) is 5.73 Å². The Labute approximate surface area is 103 Å². The minimum Gasteiger partial charge on any atom is -0.329 e. The molecule has 0 saturated heterocycles. The van der Waals surface area contributed by atoms with Crippen LogP contribution in [0.5, 0.6) is 0 Å². The summed E-state index contributed by atoms with van der Waals surface area (Å²) >= 11 is 2.08. The number of nitrogens with two attached hydrogens (primary N) is 1. The lowest BCUT2D eigenvalue weighted by molar-refractivity contribution is 0.313. The molecule has 2 rings (SSSR count). The molecule has 16 heavy (non-hydrogen) atoms. The van der Waals surface area contributed by atoms with E-state index < -0.39 is 0 Å². The summed E-state index contributed by atoms with van der Waals surface area (Å²) in [4.78, 5) is 0. The third-order valence-corrected chi connectivity index (χ3v) is 5.22. The van der Waals surface area contributed by atoms with Crippen molar-refractivity contribution >= 4 is 11.8 Å². The third-order valence-electron chi connectivity index (χ3n) is 3.49. The second kappa shape index (κ2) is 5.24. The summed E-state index contributed by atoms with van der Waals surface area (Å²) in [6, 6.07) is 10.9. The molecule has 1 aliphatic rings. The van der Waals surface area contributed by atoms with Crippen LogP contribution in [0.1, 0.15) is 37.7 Å². The molecule has 1 aliphatic carbocycles. The van der Waals surface area contributed by atoms with E-state index >= 15 is 0 Å². The minimum atomic E-state index is 0.385. The van der Waals surface area contributed by atoms with E-state index in [9.17, 15) is 0 Å². The Bertz CT molecular complexity index is 317. The Hall–Kier alpha value is -0.470. The van der Waals surface area contributed by atoms with Crippen LogP contribution in [-0.2, 0) is 0 Å². The van der Waals surface area contributed by atoms with Gasteiger partial charge >= 0.3 is 0 Å². The standard InChI is InChI=1S/C14H21NS/c1-2-8-16-14(11-15)9-13(10-14)12-6-4-3-5-7-12/h3-7,13H,2,8-11,15H2,1H3. The highest BCUT2D eigenvalue weighted by Crippen LogP contribution is 2.52. The zero-order chi connectivity index (χ0) is 11.4. The van der Waals surface area contributed by atoms with E-state index in [-0.39, 0.29) is 0 Å². The molecule has 0 heterocycles. The van der Waals surface area contributed by atoms with Crippen molar-refractivity contribution in [2.24, 2.45) is 5.73 Å². The molecule has 0 radical (unpaired) electrons. The van der Waals surface area contributed by atoms with E-state index in [0.29, 0.717) is 4.75 Å². The molecule has 0 aliphatic heterocycles. The van der Waals surface area contributed by atoms with Crippen molar-refractivity contribution in [2.75, 3.05) is 12.3 Å². The van der Waals surface area contributed by atoms with Crippen molar-refractivity contribution < 1.29 is 0 Å². The van der Waals surface area contributed by atoms with Gasteiger partial charge in [-0.3, -0.25) is 0 Å². The molecule has 2 N–H and O–H groups in total. The lowest BCUT2D eigenvalue weighted by Crippen LogP contribution is -2.46. The van der Waals surface area contributed by atoms with Crippen LogP contribution in [0.4, 0.5) is 0 Å². The molecule has 1 saturated carbocycles. The van der Waals surface area contributed by atoms with E-state index in [1.165, 1.54) is 30.6 Å². The van der Waals surface area contributed by atoms with Crippen LogP contribution in [0.25, 0.3) is 0 Å². The predicted octanol–water partition coefficient (Wildman–Crippen LogP) is 3.40. The predicted molar refractivity (Wildman–Crippen MR) is 73.0 cm³/mol. The van der Waals surface area contributed by atoms with Crippen LogP contribution < -0.4 is 5.73 Å². The van der Waals surface area contributed by atoms with Gasteiger partial charge in [0.15, 0.2) is 0 Å². The van der Waals surface area contributed by atoms with Gasteiger partial charge in [-0.1, -0.05) is 37.3 Å². The Kier molecular flexibility index (Phi) is 3.93. The SMILES string of the molecule is CCCSC1(CN)CC(c2ccccc2)C1. The van der Waals surface area contributed by atoms with Crippen LogP contribution >= 0.6 is 11.8 Å². The normalized spacial score (nSPS) is 28.8. The fourth-order valence-electron chi connectivity index (χ4n) is 2.46. The summed E-state index contributed by atoms with van der Waals surface area (Å²) in [5.41, 5.74) is 7.42. The highest BCUT2D eigenvalue weighted by molar-refractivity contribution is 8.00. The maximum absolute atomic E-state index is 5.93. The van der Waals surface area contributed by atoms with Crippen LogP contribution in [0.3, 0.4) is 0 Å². The van der Waals surface area contributed by atoms with Gasteiger partial charge in [0.05, 0.1) is 0 Å². The van der Waals surface area contributed by atoms with E-state index in [1.807, 2.05) is 0 Å². The molecular formula is C14H21NS. The zero-order valence-corrected chi connectivity index (χ0v) is 10.8. The smallest absolute Gasteiger partial charge is 0.0293 e. The van der Waals surface area contributed by atoms with Crippen molar-refractivity contribution in [1.29, 1.82) is 0 Å². The van der Waals surface area contributed by atoms with Gasteiger partial charge < -0.3 is 5.73 Å². The van der Waals surface area contributed by atoms with Gasteiger partial charge in [0, 0.05) is 11.3 Å². The average molecular weight is 235 g/mol. The quantitative estimate of drug-likeness (QED) is 0.846. The van der Waals surface area contributed by atoms with Crippen molar-refractivity contribution in [2.45, 2.75) is 36.9 Å². The molecule has 1 aromatic carbocycles. The van der Waals surface area contributed by atoms with E-state index in [1.54, 1.807) is 0 Å². The molecule has 1 aromatic rings. The number of benzene rings is 1. The topological polar surface area (TPSA) is 26.0 Å². The van der Waals surface area contributed by atoms with Crippen molar-refractivity contribution in [3.05, 3.63) is 35.9 Å². The van der Waals surface area contributed by atoms with Gasteiger partial charge in [-0.05, 0) is 36.5 Å². The summed E-state index contributed by atoms with van der Waals surface area (Å²) in [5, 5.41) is 0. The lowest BCUT2D eigenvalue weighted by atomic mass is 9.70.